The molecule has 2 heterocycles. The van der Waals surface area contributed by atoms with E-state index < -0.39 is 0 Å². The van der Waals surface area contributed by atoms with E-state index in [1.807, 2.05) is 25.1 Å². The molecule has 106 valence electrons. The zero-order valence-corrected chi connectivity index (χ0v) is 11.3. The van der Waals surface area contributed by atoms with Crippen molar-refractivity contribution in [1.82, 2.24) is 20.7 Å². The fourth-order valence-corrected chi connectivity index (χ4v) is 1.47. The van der Waals surface area contributed by atoms with E-state index >= 15 is 0 Å². The number of nitrogens with zero attached hydrogens (tertiary/aromatic N) is 4. The quantitative estimate of drug-likeness (QED) is 0.736. The van der Waals surface area contributed by atoms with Gasteiger partial charge in [0.15, 0.2) is 5.82 Å². The minimum Gasteiger partial charge on any atom is -0.376 e. The molecule has 20 heavy (non-hydrogen) atoms. The molecule has 0 radical (unpaired) electrons. The molecule has 0 aromatic carbocycles. The Labute approximate surface area is 116 Å². The monoisotopic (exact) mass is 276 g/mol. The summed E-state index contributed by atoms with van der Waals surface area (Å²) in [4.78, 5) is 13.5. The molecule has 0 saturated heterocycles. The molecule has 2 N–H and O–H groups in total. The van der Waals surface area contributed by atoms with Crippen LogP contribution in [0.15, 0.2) is 29.0 Å². The molecule has 0 aliphatic rings. The lowest BCUT2D eigenvalue weighted by atomic mass is 10.4. The maximum Gasteiger partial charge on any atom is 0.289 e. The third-order valence-electron chi connectivity index (χ3n) is 2.53. The summed E-state index contributed by atoms with van der Waals surface area (Å²) in [6.07, 6.45) is 3.10. The van der Waals surface area contributed by atoms with Crippen LogP contribution >= 0.6 is 0 Å². The van der Waals surface area contributed by atoms with E-state index in [2.05, 4.69) is 26.0 Å². The Hall–Kier alpha value is -2.64. The number of hydrogen-bond donors (Lipinski definition) is 2. The molecule has 2 aromatic heterocycles. The molecular formula is C12H16N6O2. The van der Waals surface area contributed by atoms with Gasteiger partial charge in [-0.3, -0.25) is 4.79 Å². The Morgan fingerprint density at radius 3 is 2.95 bits per heavy atom. The lowest BCUT2D eigenvalue weighted by molar-refractivity contribution is 0.0918. The highest BCUT2D eigenvalue weighted by atomic mass is 16.5. The number of amides is 1. The number of hydrogen-bond acceptors (Lipinski definition) is 7. The van der Waals surface area contributed by atoms with E-state index in [1.165, 1.54) is 12.3 Å². The standard InChI is InChI=1S/C12H16N6O2/c1-18(2)9-7-11(17-15-8-9)13-5-6-14-12(19)10-3-4-16-20-10/h3-4,7-8H,5-6H2,1-2H3,(H,13,17)(H,14,19). The predicted molar refractivity (Wildman–Crippen MR) is 73.7 cm³/mol. The summed E-state index contributed by atoms with van der Waals surface area (Å²) in [7, 11) is 3.86. The molecule has 1 amide bonds. The largest absolute Gasteiger partial charge is 0.376 e. The van der Waals surface area contributed by atoms with Gasteiger partial charge in [0.25, 0.3) is 5.91 Å². The van der Waals surface area contributed by atoms with Gasteiger partial charge in [-0.1, -0.05) is 5.16 Å². The van der Waals surface area contributed by atoms with Crippen molar-refractivity contribution < 1.29 is 9.32 Å². The molecular weight excluding hydrogens is 260 g/mol. The second-order valence-electron chi connectivity index (χ2n) is 4.25. The van der Waals surface area contributed by atoms with Gasteiger partial charge in [-0.05, 0) is 0 Å². The fourth-order valence-electron chi connectivity index (χ4n) is 1.47. The molecule has 0 fully saturated rings. The van der Waals surface area contributed by atoms with Crippen LogP contribution in [-0.4, -0.2) is 48.4 Å². The molecule has 2 rings (SSSR count). The van der Waals surface area contributed by atoms with E-state index in [0.29, 0.717) is 18.9 Å². The summed E-state index contributed by atoms with van der Waals surface area (Å²) >= 11 is 0. The Balaban J connectivity index is 1.76. The topological polar surface area (TPSA) is 96.2 Å². The summed E-state index contributed by atoms with van der Waals surface area (Å²) in [6.45, 7) is 0.971. The van der Waals surface area contributed by atoms with Gasteiger partial charge in [0, 0.05) is 39.3 Å². The lowest BCUT2D eigenvalue weighted by Crippen LogP contribution is -2.28. The zero-order chi connectivity index (χ0) is 14.4. The number of carbonyl (C=O) groups is 1. The van der Waals surface area contributed by atoms with Gasteiger partial charge < -0.3 is 20.1 Å². The number of rotatable bonds is 6. The van der Waals surface area contributed by atoms with Crippen LogP contribution in [-0.2, 0) is 0 Å². The van der Waals surface area contributed by atoms with Crippen LogP contribution in [0.5, 0.6) is 0 Å². The van der Waals surface area contributed by atoms with Crippen LogP contribution in [0.2, 0.25) is 0 Å². The molecule has 0 saturated carbocycles. The molecule has 0 aliphatic heterocycles. The Morgan fingerprint density at radius 2 is 2.25 bits per heavy atom. The Bertz CT molecular complexity index is 555. The lowest BCUT2D eigenvalue weighted by Gasteiger charge is -2.12. The van der Waals surface area contributed by atoms with Crippen molar-refractivity contribution >= 4 is 17.4 Å². The summed E-state index contributed by atoms with van der Waals surface area (Å²) in [5.41, 5.74) is 0.952. The minimum absolute atomic E-state index is 0.194. The van der Waals surface area contributed by atoms with E-state index in [0.717, 1.165) is 5.69 Å². The SMILES string of the molecule is CN(C)c1cnnc(NCCNC(=O)c2ccno2)c1. The normalized spacial score (nSPS) is 10.1. The van der Waals surface area contributed by atoms with Crippen molar-refractivity contribution in [2.45, 2.75) is 0 Å². The van der Waals surface area contributed by atoms with Crippen molar-refractivity contribution in [3.63, 3.8) is 0 Å². The summed E-state index contributed by atoms with van der Waals surface area (Å²) in [5, 5.41) is 17.1. The number of nitrogens with one attached hydrogen (secondary N) is 2. The first kappa shape index (κ1) is 13.8. The third kappa shape index (κ3) is 3.67. The van der Waals surface area contributed by atoms with Gasteiger partial charge in [0.2, 0.25) is 5.76 Å². The van der Waals surface area contributed by atoms with Crippen molar-refractivity contribution in [1.29, 1.82) is 0 Å². The third-order valence-corrected chi connectivity index (χ3v) is 2.53. The van der Waals surface area contributed by atoms with Crippen LogP contribution in [0.25, 0.3) is 0 Å². The Kier molecular flexibility index (Phi) is 4.48. The van der Waals surface area contributed by atoms with Gasteiger partial charge in [0.05, 0.1) is 18.1 Å². The van der Waals surface area contributed by atoms with Crippen LogP contribution in [0.4, 0.5) is 11.5 Å². The Morgan fingerprint density at radius 1 is 1.40 bits per heavy atom. The average Bonchev–Trinajstić information content (AvgIpc) is 2.98. The van der Waals surface area contributed by atoms with Gasteiger partial charge >= 0.3 is 0 Å². The maximum absolute atomic E-state index is 11.6. The second-order valence-corrected chi connectivity index (χ2v) is 4.25. The van der Waals surface area contributed by atoms with Gasteiger partial charge in [-0.15, -0.1) is 5.10 Å². The van der Waals surface area contributed by atoms with Crippen molar-refractivity contribution in [3.8, 4) is 0 Å². The van der Waals surface area contributed by atoms with E-state index in [9.17, 15) is 4.79 Å². The first-order chi connectivity index (χ1) is 9.66. The fraction of sp³-hybridized carbons (Fsp3) is 0.333. The predicted octanol–water partition coefficient (Wildman–Crippen LogP) is 0.372. The first-order valence-corrected chi connectivity index (χ1v) is 6.09. The zero-order valence-electron chi connectivity index (χ0n) is 11.3. The van der Waals surface area contributed by atoms with Gasteiger partial charge in [0.1, 0.15) is 0 Å². The first-order valence-electron chi connectivity index (χ1n) is 6.09. The summed E-state index contributed by atoms with van der Waals surface area (Å²) < 4.78 is 4.74. The average molecular weight is 276 g/mol. The highest BCUT2D eigenvalue weighted by Crippen LogP contribution is 2.12. The smallest absolute Gasteiger partial charge is 0.289 e. The van der Waals surface area contributed by atoms with Crippen LogP contribution in [0.1, 0.15) is 10.6 Å². The van der Waals surface area contributed by atoms with Gasteiger partial charge in [-0.2, -0.15) is 5.10 Å². The summed E-state index contributed by atoms with van der Waals surface area (Å²) in [6, 6.07) is 3.39. The minimum atomic E-state index is -0.294. The van der Waals surface area contributed by atoms with Crippen molar-refractivity contribution in [3.05, 3.63) is 30.3 Å². The molecule has 0 aliphatic carbocycles. The molecule has 2 aromatic rings. The van der Waals surface area contributed by atoms with Gasteiger partial charge in [-0.25, -0.2) is 0 Å². The van der Waals surface area contributed by atoms with Crippen LogP contribution in [0.3, 0.4) is 0 Å². The molecule has 0 bridgehead atoms. The van der Waals surface area contributed by atoms with E-state index in [4.69, 9.17) is 4.52 Å². The molecule has 8 heteroatoms. The molecule has 0 atom stereocenters. The molecule has 8 nitrogen and oxygen atoms in total. The molecule has 0 spiro atoms. The number of carbonyl (C=O) groups excluding carboxylic acids is 1. The van der Waals surface area contributed by atoms with Crippen LogP contribution in [0, 0.1) is 0 Å². The summed E-state index contributed by atoms with van der Waals surface area (Å²) in [5.74, 6) is 0.557. The van der Waals surface area contributed by atoms with Crippen molar-refractivity contribution in [2.75, 3.05) is 37.4 Å². The van der Waals surface area contributed by atoms with Crippen LogP contribution < -0.4 is 15.5 Å². The maximum atomic E-state index is 11.6. The molecule has 0 unspecified atom stereocenters. The second kappa shape index (κ2) is 6.50. The highest BCUT2D eigenvalue weighted by molar-refractivity contribution is 5.91. The van der Waals surface area contributed by atoms with E-state index in [-0.39, 0.29) is 11.7 Å². The number of aromatic nitrogens is 3. The highest BCUT2D eigenvalue weighted by Gasteiger charge is 2.08. The van der Waals surface area contributed by atoms with E-state index in [1.54, 1.807) is 6.20 Å². The van der Waals surface area contributed by atoms with Crippen molar-refractivity contribution in [2.24, 2.45) is 0 Å². The number of anilines is 2.